The summed E-state index contributed by atoms with van der Waals surface area (Å²) < 4.78 is 26.7. The van der Waals surface area contributed by atoms with Gasteiger partial charge < -0.3 is 0 Å². The quantitative estimate of drug-likeness (QED) is 0.801. The van der Waals surface area contributed by atoms with Crippen molar-refractivity contribution in [2.24, 2.45) is 0 Å². The van der Waals surface area contributed by atoms with Crippen LogP contribution < -0.4 is 0 Å². The fraction of sp³-hybridized carbons (Fsp3) is 0.636. The van der Waals surface area contributed by atoms with Gasteiger partial charge in [0.1, 0.15) is 4.21 Å². The smallest absolute Gasteiger partial charge is 0.206 e. The second-order valence-corrected chi connectivity index (χ2v) is 7.84. The van der Waals surface area contributed by atoms with E-state index in [9.17, 15) is 8.42 Å². The van der Waals surface area contributed by atoms with Gasteiger partial charge in [0.05, 0.1) is 0 Å². The van der Waals surface area contributed by atoms with Crippen LogP contribution >= 0.6 is 22.9 Å². The SMILES string of the molecule is O=S(=O)(c1ccc(CCCl)s1)N1CCCCC1. The van der Waals surface area contributed by atoms with Crippen molar-refractivity contribution in [3.63, 3.8) is 0 Å². The van der Waals surface area contributed by atoms with Gasteiger partial charge >= 0.3 is 0 Å². The highest BCUT2D eigenvalue weighted by Gasteiger charge is 2.27. The van der Waals surface area contributed by atoms with Crippen LogP contribution in [0.3, 0.4) is 0 Å². The molecule has 0 saturated carbocycles. The van der Waals surface area contributed by atoms with E-state index in [0.717, 1.165) is 30.6 Å². The Morgan fingerprint density at radius 3 is 2.59 bits per heavy atom. The molecule has 0 N–H and O–H groups in total. The van der Waals surface area contributed by atoms with Gasteiger partial charge in [0, 0.05) is 23.8 Å². The van der Waals surface area contributed by atoms with Crippen LogP contribution in [0.15, 0.2) is 16.3 Å². The average molecular weight is 294 g/mol. The number of piperidine rings is 1. The Hall–Kier alpha value is -0.100. The van der Waals surface area contributed by atoms with E-state index in [1.54, 1.807) is 10.4 Å². The molecule has 2 heterocycles. The normalized spacial score (nSPS) is 18.4. The van der Waals surface area contributed by atoms with Crippen molar-refractivity contribution in [3.05, 3.63) is 17.0 Å². The summed E-state index contributed by atoms with van der Waals surface area (Å²) in [4.78, 5) is 1.04. The number of alkyl halides is 1. The lowest BCUT2D eigenvalue weighted by Crippen LogP contribution is -2.35. The third kappa shape index (κ3) is 3.02. The monoisotopic (exact) mass is 293 g/mol. The number of sulfonamides is 1. The molecule has 0 aliphatic carbocycles. The summed E-state index contributed by atoms with van der Waals surface area (Å²) in [7, 11) is -3.25. The van der Waals surface area contributed by atoms with Gasteiger partial charge in [-0.15, -0.1) is 22.9 Å². The molecule has 1 aliphatic rings. The van der Waals surface area contributed by atoms with E-state index in [1.807, 2.05) is 6.07 Å². The molecular weight excluding hydrogens is 278 g/mol. The Balaban J connectivity index is 2.18. The van der Waals surface area contributed by atoms with Gasteiger partial charge in [-0.2, -0.15) is 4.31 Å². The number of nitrogens with zero attached hydrogens (tertiary/aromatic N) is 1. The topological polar surface area (TPSA) is 37.4 Å². The van der Waals surface area contributed by atoms with Crippen LogP contribution in [0.2, 0.25) is 0 Å². The van der Waals surface area contributed by atoms with Gasteiger partial charge in [-0.1, -0.05) is 6.42 Å². The molecule has 1 saturated heterocycles. The molecule has 0 amide bonds. The molecule has 6 heteroatoms. The van der Waals surface area contributed by atoms with Gasteiger partial charge in [0.25, 0.3) is 10.0 Å². The lowest BCUT2D eigenvalue weighted by molar-refractivity contribution is 0.347. The fourth-order valence-electron chi connectivity index (χ4n) is 1.96. The minimum absolute atomic E-state index is 0.458. The van der Waals surface area contributed by atoms with Gasteiger partial charge in [0.2, 0.25) is 0 Å². The van der Waals surface area contributed by atoms with Crippen LogP contribution in [0.5, 0.6) is 0 Å². The number of aryl methyl sites for hydroxylation is 1. The maximum atomic E-state index is 12.3. The van der Waals surface area contributed by atoms with Gasteiger partial charge in [0.15, 0.2) is 0 Å². The van der Waals surface area contributed by atoms with Crippen molar-refractivity contribution in [2.45, 2.75) is 29.9 Å². The number of rotatable bonds is 4. The van der Waals surface area contributed by atoms with Gasteiger partial charge in [-0.25, -0.2) is 8.42 Å². The molecule has 0 spiro atoms. The number of hydrogen-bond donors (Lipinski definition) is 0. The Morgan fingerprint density at radius 1 is 1.24 bits per heavy atom. The van der Waals surface area contributed by atoms with Gasteiger partial charge in [-0.05, 0) is 31.4 Å². The predicted octanol–water partition coefficient (Wildman–Crippen LogP) is 2.70. The van der Waals surface area contributed by atoms with Crippen molar-refractivity contribution in [1.82, 2.24) is 4.31 Å². The number of thiophene rings is 1. The van der Waals surface area contributed by atoms with Crippen molar-refractivity contribution >= 4 is 33.0 Å². The zero-order chi connectivity index (χ0) is 12.3. The number of halogens is 1. The van der Waals surface area contributed by atoms with E-state index >= 15 is 0 Å². The Morgan fingerprint density at radius 2 is 1.94 bits per heavy atom. The standard InChI is InChI=1S/C11H16ClNO2S2/c12-7-6-10-4-5-11(16-10)17(14,15)13-8-2-1-3-9-13/h4-5H,1-3,6-9H2. The minimum atomic E-state index is -3.25. The summed E-state index contributed by atoms with van der Waals surface area (Å²) in [6.07, 6.45) is 3.81. The first-order chi connectivity index (χ1) is 8.14. The molecule has 0 radical (unpaired) electrons. The van der Waals surface area contributed by atoms with Crippen LogP contribution in [0, 0.1) is 0 Å². The lowest BCUT2D eigenvalue weighted by Gasteiger charge is -2.25. The summed E-state index contributed by atoms with van der Waals surface area (Å²) in [5.41, 5.74) is 0. The third-order valence-corrected chi connectivity index (χ3v) is 6.59. The van der Waals surface area contributed by atoms with Crippen LogP contribution in [-0.2, 0) is 16.4 Å². The molecule has 3 nitrogen and oxygen atoms in total. The summed E-state index contributed by atoms with van der Waals surface area (Å²) in [6, 6.07) is 3.57. The maximum Gasteiger partial charge on any atom is 0.252 e. The molecule has 1 aromatic heterocycles. The van der Waals surface area contributed by atoms with E-state index in [1.165, 1.54) is 11.3 Å². The van der Waals surface area contributed by atoms with E-state index in [2.05, 4.69) is 0 Å². The van der Waals surface area contributed by atoms with Crippen molar-refractivity contribution in [3.8, 4) is 0 Å². The summed E-state index contributed by atoms with van der Waals surface area (Å²) >= 11 is 7.00. The van der Waals surface area contributed by atoms with Crippen LogP contribution in [0.4, 0.5) is 0 Å². The highest BCUT2D eigenvalue weighted by Crippen LogP contribution is 2.27. The first kappa shape index (κ1) is 13.3. The molecule has 2 rings (SSSR count). The van der Waals surface area contributed by atoms with Crippen molar-refractivity contribution in [1.29, 1.82) is 0 Å². The molecular formula is C11H16ClNO2S2. The Kier molecular flexibility index (Phi) is 4.47. The molecule has 1 aliphatic heterocycles. The molecule has 1 aromatic rings. The second kappa shape index (κ2) is 5.69. The number of hydrogen-bond acceptors (Lipinski definition) is 3. The Bertz CT molecular complexity index is 464. The van der Waals surface area contributed by atoms with E-state index in [4.69, 9.17) is 11.6 Å². The summed E-state index contributed by atoms with van der Waals surface area (Å²) in [5.74, 6) is 0.531. The molecule has 1 fully saturated rings. The van der Waals surface area contributed by atoms with Crippen LogP contribution in [0.1, 0.15) is 24.1 Å². The largest absolute Gasteiger partial charge is 0.252 e. The van der Waals surface area contributed by atoms with Crippen LogP contribution in [0.25, 0.3) is 0 Å². The molecule has 17 heavy (non-hydrogen) atoms. The van der Waals surface area contributed by atoms with Crippen molar-refractivity contribution in [2.75, 3.05) is 19.0 Å². The summed E-state index contributed by atoms with van der Waals surface area (Å²) in [6.45, 7) is 1.32. The first-order valence-electron chi connectivity index (χ1n) is 5.79. The lowest BCUT2D eigenvalue weighted by atomic mass is 10.2. The Labute approximate surface area is 111 Å². The molecule has 0 atom stereocenters. The highest BCUT2D eigenvalue weighted by molar-refractivity contribution is 7.91. The zero-order valence-corrected chi connectivity index (χ0v) is 12.0. The fourth-order valence-corrected chi connectivity index (χ4v) is 5.30. The van der Waals surface area contributed by atoms with E-state index in [-0.39, 0.29) is 0 Å². The predicted molar refractivity (Wildman–Crippen MR) is 71.4 cm³/mol. The zero-order valence-electron chi connectivity index (χ0n) is 9.56. The van der Waals surface area contributed by atoms with E-state index < -0.39 is 10.0 Å². The minimum Gasteiger partial charge on any atom is -0.206 e. The molecule has 0 unspecified atom stereocenters. The van der Waals surface area contributed by atoms with E-state index in [0.29, 0.717) is 23.2 Å². The first-order valence-corrected chi connectivity index (χ1v) is 8.58. The second-order valence-electron chi connectivity index (χ2n) is 4.12. The third-order valence-electron chi connectivity index (χ3n) is 2.89. The molecule has 0 aromatic carbocycles. The van der Waals surface area contributed by atoms with Crippen LogP contribution in [-0.4, -0.2) is 31.7 Å². The summed E-state index contributed by atoms with van der Waals surface area (Å²) in [5, 5.41) is 0. The maximum absolute atomic E-state index is 12.3. The average Bonchev–Trinajstić information content (AvgIpc) is 2.80. The highest BCUT2D eigenvalue weighted by atomic mass is 35.5. The van der Waals surface area contributed by atoms with Gasteiger partial charge in [-0.3, -0.25) is 0 Å². The molecule has 96 valence electrons. The van der Waals surface area contributed by atoms with Crippen molar-refractivity contribution < 1.29 is 8.42 Å². The molecule has 0 bridgehead atoms.